The van der Waals surface area contributed by atoms with Crippen LogP contribution in [0.5, 0.6) is 0 Å². The van der Waals surface area contributed by atoms with E-state index in [-0.39, 0.29) is 107 Å². The minimum Gasteiger partial charge on any atom is -0.396 e. The first kappa shape index (κ1) is 22.4. The van der Waals surface area contributed by atoms with Crippen LogP contribution in [-0.2, 0) is 0 Å². The summed E-state index contributed by atoms with van der Waals surface area (Å²) in [7, 11) is 0. The maximum atomic E-state index is 8.68. The third-order valence-corrected chi connectivity index (χ3v) is 0. The van der Waals surface area contributed by atoms with Crippen LogP contribution in [0.1, 0.15) is 0 Å². The minimum atomic E-state index is -3.76. The largest absolute Gasteiger partial charge is 0.503 e. The summed E-state index contributed by atoms with van der Waals surface area (Å²) in [6.45, 7) is 0. The van der Waals surface area contributed by atoms with Gasteiger partial charge in [-0.1, -0.05) is 0 Å². The summed E-state index contributed by atoms with van der Waals surface area (Å²) in [5, 5.41) is 0. The van der Waals surface area contributed by atoms with Gasteiger partial charge in [-0.3, -0.25) is 4.70 Å². The zero-order valence-electron chi connectivity index (χ0n) is 2.05. The summed E-state index contributed by atoms with van der Waals surface area (Å²) in [6.07, 6.45) is 0. The van der Waals surface area contributed by atoms with Crippen molar-refractivity contribution in [2.24, 2.45) is 0 Å². The SMILES string of the molecule is F.[KH].[KH].[O-][I+2]([O-])O. The van der Waals surface area contributed by atoms with E-state index >= 15 is 0 Å². The molecule has 7 heavy (non-hydrogen) atoms. The topological polar surface area (TPSA) is 66.3 Å². The van der Waals surface area contributed by atoms with Gasteiger partial charge < -0.3 is 6.87 Å². The van der Waals surface area contributed by atoms with Crippen molar-refractivity contribution in [1.82, 2.24) is 0 Å². The van der Waals surface area contributed by atoms with E-state index in [1.807, 2.05) is 0 Å². The Bertz CT molecular complexity index is 17.7. The quantitative estimate of drug-likeness (QED) is 0.353. The third-order valence-electron chi connectivity index (χ3n) is 0. The Kier molecular flexibility index (Phi) is 52.6. The maximum Gasteiger partial charge on any atom is 0.503 e. The van der Waals surface area contributed by atoms with Gasteiger partial charge in [0.2, 0.25) is 0 Å². The van der Waals surface area contributed by atoms with Gasteiger partial charge in [0.15, 0.2) is 0 Å². The molecule has 0 radical (unpaired) electrons. The van der Waals surface area contributed by atoms with Crippen molar-refractivity contribution in [2.45, 2.75) is 0 Å². The van der Waals surface area contributed by atoms with Gasteiger partial charge in [0, 0.05) is 0 Å². The molecule has 0 bridgehead atoms. The van der Waals surface area contributed by atoms with E-state index in [0.717, 1.165) is 0 Å². The molecule has 0 aromatic carbocycles. The Labute approximate surface area is 134 Å². The Hall–Kier alpha value is 3.81. The Morgan fingerprint density at radius 1 is 1.14 bits per heavy atom. The van der Waals surface area contributed by atoms with Crippen LogP contribution in [0.15, 0.2) is 0 Å². The fourth-order valence-corrected chi connectivity index (χ4v) is 0. The average Bonchev–Trinajstić information content (AvgIpc) is 0.811. The molecule has 0 amide bonds. The molecule has 0 aromatic heterocycles. The number of hydrogen-bond acceptors (Lipinski definition) is 3. The van der Waals surface area contributed by atoms with Crippen LogP contribution in [0, 0.1) is 0 Å². The Balaban J connectivity index is -0.0000000150. The molecule has 0 rings (SSSR count). The average molecular weight is 276 g/mol. The summed E-state index contributed by atoms with van der Waals surface area (Å²) < 4.78 is 24.5. The van der Waals surface area contributed by atoms with Crippen LogP contribution >= 0.6 is 0 Å². The van der Waals surface area contributed by atoms with Crippen LogP contribution < -0.4 is 27.9 Å². The molecule has 0 aromatic rings. The van der Waals surface area contributed by atoms with Crippen molar-refractivity contribution >= 4 is 103 Å². The molecule has 0 heterocycles. The summed E-state index contributed by atoms with van der Waals surface area (Å²) in [5.41, 5.74) is 0. The summed E-state index contributed by atoms with van der Waals surface area (Å²) in [6, 6.07) is 0. The van der Waals surface area contributed by atoms with E-state index in [0.29, 0.717) is 0 Å². The molecule has 0 atom stereocenters. The van der Waals surface area contributed by atoms with Crippen LogP contribution in [0.3, 0.4) is 0 Å². The van der Waals surface area contributed by atoms with Crippen molar-refractivity contribution < 1.29 is 36.1 Å². The predicted molar refractivity (Wildman–Crippen MR) is 19.0 cm³/mol. The standard InChI is InChI=1S/FH.HIO3.2K.2H/c;2-1(3)4;;;;/h1H;2H;;;;. The van der Waals surface area contributed by atoms with Crippen molar-refractivity contribution in [3.63, 3.8) is 0 Å². The van der Waals surface area contributed by atoms with Crippen molar-refractivity contribution in [2.75, 3.05) is 0 Å². The smallest absolute Gasteiger partial charge is 0.396 e. The van der Waals surface area contributed by atoms with Gasteiger partial charge in [-0.15, -0.1) is 0 Å². The fraction of sp³-hybridized carbons (Fsp3) is 0. The number of halogens is 2. The Morgan fingerprint density at radius 3 is 1.14 bits per heavy atom. The van der Waals surface area contributed by atoms with Crippen molar-refractivity contribution in [1.29, 1.82) is 0 Å². The second-order valence-electron chi connectivity index (χ2n) is 0.201. The van der Waals surface area contributed by atoms with Crippen molar-refractivity contribution in [3.05, 3.63) is 0 Å². The molecule has 0 saturated heterocycles. The molecule has 0 spiro atoms. The van der Waals surface area contributed by atoms with Gasteiger partial charge in [0.05, 0.1) is 0 Å². The van der Waals surface area contributed by atoms with E-state index < -0.39 is 21.1 Å². The summed E-state index contributed by atoms with van der Waals surface area (Å²) in [5.74, 6) is 0. The molecule has 38 valence electrons. The number of rotatable bonds is 0. The van der Waals surface area contributed by atoms with Gasteiger partial charge in [0.25, 0.3) is 0 Å². The molecule has 0 aliphatic heterocycles. The normalized spacial score (nSPS) is 5.14. The number of hydrogen-bond donors (Lipinski definition) is 1. The second-order valence-corrected chi connectivity index (χ2v) is 1.35. The van der Waals surface area contributed by atoms with Crippen LogP contribution in [0.2, 0.25) is 0 Å². The minimum absolute atomic E-state index is 0. The van der Waals surface area contributed by atoms with Crippen LogP contribution in [-0.4, -0.2) is 106 Å². The molecular formula is H4FIK2O3. The predicted octanol–water partition coefficient (Wildman–Crippen LogP) is -7.08. The van der Waals surface area contributed by atoms with Gasteiger partial charge in [-0.05, 0) is 3.44 Å². The molecule has 0 aliphatic carbocycles. The monoisotopic (exact) mass is 276 g/mol. The zero-order valence-corrected chi connectivity index (χ0v) is 4.21. The van der Waals surface area contributed by atoms with E-state index in [1.54, 1.807) is 0 Å². The second kappa shape index (κ2) is 16.4. The molecule has 3 nitrogen and oxygen atoms in total. The molecule has 0 unspecified atom stereocenters. The fourth-order valence-electron chi connectivity index (χ4n) is 0. The zero-order chi connectivity index (χ0) is 3.58. The third kappa shape index (κ3) is 41.2. The van der Waals surface area contributed by atoms with E-state index in [1.165, 1.54) is 0 Å². The van der Waals surface area contributed by atoms with E-state index in [2.05, 4.69) is 0 Å². The van der Waals surface area contributed by atoms with Gasteiger partial charge >= 0.3 is 124 Å². The van der Waals surface area contributed by atoms with Crippen LogP contribution in [0.25, 0.3) is 0 Å². The molecule has 0 fully saturated rings. The van der Waals surface area contributed by atoms with E-state index in [4.69, 9.17) is 10.3 Å². The van der Waals surface area contributed by atoms with Crippen molar-refractivity contribution in [3.8, 4) is 0 Å². The first-order chi connectivity index (χ1) is 1.73. The molecule has 0 saturated carbocycles. The molecule has 1 N–H and O–H groups in total. The van der Waals surface area contributed by atoms with Gasteiger partial charge in [0.1, 0.15) is 0 Å². The maximum absolute atomic E-state index is 8.68. The molecular weight excluding hydrogens is 272 g/mol. The van der Waals surface area contributed by atoms with Gasteiger partial charge in [-0.25, -0.2) is 0 Å². The molecule has 7 heteroatoms. The van der Waals surface area contributed by atoms with Crippen LogP contribution in [0.4, 0.5) is 4.70 Å². The molecule has 0 aliphatic rings. The summed E-state index contributed by atoms with van der Waals surface area (Å²) in [4.78, 5) is 0. The first-order valence-corrected chi connectivity index (χ1v) is 3.20. The summed E-state index contributed by atoms with van der Waals surface area (Å²) >= 11 is -3.76. The Morgan fingerprint density at radius 2 is 1.14 bits per heavy atom. The first-order valence-electron chi connectivity index (χ1n) is 0.478. The van der Waals surface area contributed by atoms with E-state index in [9.17, 15) is 0 Å². The van der Waals surface area contributed by atoms with Gasteiger partial charge in [-0.2, -0.15) is 0 Å².